The first kappa shape index (κ1) is 20.2. The number of ether oxygens (including phenoxy) is 2. The maximum atomic E-state index is 12.8. The highest BCUT2D eigenvalue weighted by molar-refractivity contribution is 8.00. The first-order chi connectivity index (χ1) is 13.6. The molecular weight excluding hydrogens is 376 g/mol. The molecule has 1 N–H and O–H groups in total. The summed E-state index contributed by atoms with van der Waals surface area (Å²) in [5.41, 5.74) is 1.03. The number of thioether (sulfide) groups is 1. The summed E-state index contributed by atoms with van der Waals surface area (Å²) in [7, 11) is 1.62. The third-order valence-electron chi connectivity index (χ3n) is 4.46. The maximum Gasteiger partial charge on any atom is 0.256 e. The third kappa shape index (κ3) is 5.05. The van der Waals surface area contributed by atoms with E-state index in [2.05, 4.69) is 5.32 Å². The molecule has 0 unspecified atom stereocenters. The minimum Gasteiger partial charge on any atom is -0.497 e. The highest BCUT2D eigenvalue weighted by Gasteiger charge is 2.23. The molecule has 1 fully saturated rings. The number of para-hydroxylation sites is 1. The number of morpholine rings is 1. The number of rotatable bonds is 6. The first-order valence-electron chi connectivity index (χ1n) is 9.16. The van der Waals surface area contributed by atoms with E-state index < -0.39 is 0 Å². The van der Waals surface area contributed by atoms with Crippen molar-refractivity contribution in [1.29, 1.82) is 0 Å². The van der Waals surface area contributed by atoms with E-state index >= 15 is 0 Å². The normalized spacial score (nSPS) is 15.0. The summed E-state index contributed by atoms with van der Waals surface area (Å²) in [5, 5.41) is 2.59. The number of nitrogens with one attached hydrogen (secondary N) is 1. The molecule has 148 valence electrons. The lowest BCUT2D eigenvalue weighted by atomic mass is 10.1. The van der Waals surface area contributed by atoms with Gasteiger partial charge in [-0.25, -0.2) is 0 Å². The molecule has 0 radical (unpaired) electrons. The molecule has 0 saturated carbocycles. The zero-order valence-electron chi connectivity index (χ0n) is 16.0. The molecule has 1 saturated heterocycles. The Morgan fingerprint density at radius 2 is 1.79 bits per heavy atom. The van der Waals surface area contributed by atoms with Crippen LogP contribution in [-0.2, 0) is 9.53 Å². The number of methoxy groups -OCH3 is 1. The SMILES string of the molecule is COc1ccc(S[C@H](C)C(=O)Nc2ccccc2C(=O)N2CCOCC2)cc1. The molecule has 1 aliphatic rings. The molecule has 1 aliphatic heterocycles. The van der Waals surface area contributed by atoms with Crippen LogP contribution in [0.25, 0.3) is 0 Å². The van der Waals surface area contributed by atoms with E-state index in [1.807, 2.05) is 37.3 Å². The number of nitrogens with zero attached hydrogens (tertiary/aromatic N) is 1. The van der Waals surface area contributed by atoms with Gasteiger partial charge >= 0.3 is 0 Å². The third-order valence-corrected chi connectivity index (χ3v) is 5.57. The quantitative estimate of drug-likeness (QED) is 0.754. The molecule has 0 spiro atoms. The molecule has 1 atom stereocenters. The van der Waals surface area contributed by atoms with Gasteiger partial charge in [-0.2, -0.15) is 0 Å². The number of benzene rings is 2. The molecule has 2 aromatic carbocycles. The Hall–Kier alpha value is -2.51. The van der Waals surface area contributed by atoms with E-state index in [4.69, 9.17) is 9.47 Å². The van der Waals surface area contributed by atoms with Crippen molar-refractivity contribution in [2.45, 2.75) is 17.1 Å². The second kappa shape index (κ2) is 9.61. The molecular formula is C21H24N2O4S. The molecule has 28 heavy (non-hydrogen) atoms. The molecule has 7 heteroatoms. The van der Waals surface area contributed by atoms with Crippen molar-refractivity contribution < 1.29 is 19.1 Å². The molecule has 0 bridgehead atoms. The van der Waals surface area contributed by atoms with E-state index in [0.29, 0.717) is 37.6 Å². The standard InChI is InChI=1S/C21H24N2O4S/c1-15(28-17-9-7-16(26-2)8-10-17)20(24)22-19-6-4-3-5-18(19)21(25)23-11-13-27-14-12-23/h3-10,15H,11-14H2,1-2H3,(H,22,24)/t15-/m1/s1. The minimum atomic E-state index is -0.320. The number of amides is 2. The van der Waals surface area contributed by atoms with Gasteiger partial charge in [-0.3, -0.25) is 9.59 Å². The van der Waals surface area contributed by atoms with Crippen LogP contribution in [-0.4, -0.2) is 55.4 Å². The van der Waals surface area contributed by atoms with Gasteiger partial charge in [-0.1, -0.05) is 12.1 Å². The summed E-state index contributed by atoms with van der Waals surface area (Å²) < 4.78 is 10.5. The van der Waals surface area contributed by atoms with E-state index in [9.17, 15) is 9.59 Å². The Labute approximate surface area is 169 Å². The number of hydrogen-bond acceptors (Lipinski definition) is 5. The van der Waals surface area contributed by atoms with Crippen LogP contribution in [0.3, 0.4) is 0 Å². The minimum absolute atomic E-state index is 0.0883. The van der Waals surface area contributed by atoms with Gasteiger partial charge in [-0.15, -0.1) is 11.8 Å². The summed E-state index contributed by atoms with van der Waals surface area (Å²) in [6.07, 6.45) is 0. The average Bonchev–Trinajstić information content (AvgIpc) is 2.74. The number of carbonyl (C=O) groups is 2. The van der Waals surface area contributed by atoms with E-state index in [1.165, 1.54) is 11.8 Å². The van der Waals surface area contributed by atoms with Gasteiger partial charge in [0, 0.05) is 18.0 Å². The Morgan fingerprint density at radius 1 is 1.11 bits per heavy atom. The Morgan fingerprint density at radius 3 is 2.46 bits per heavy atom. The van der Waals surface area contributed by atoms with Crippen molar-refractivity contribution in [3.05, 3.63) is 54.1 Å². The molecule has 0 aromatic heterocycles. The summed E-state index contributed by atoms with van der Waals surface area (Å²) >= 11 is 1.45. The van der Waals surface area contributed by atoms with Gasteiger partial charge in [0.15, 0.2) is 0 Å². The van der Waals surface area contributed by atoms with Crippen LogP contribution in [0.1, 0.15) is 17.3 Å². The van der Waals surface area contributed by atoms with Gasteiger partial charge in [0.2, 0.25) is 5.91 Å². The molecule has 6 nitrogen and oxygen atoms in total. The summed E-state index contributed by atoms with van der Waals surface area (Å²) in [6.45, 7) is 4.04. The number of carbonyl (C=O) groups excluding carboxylic acids is 2. The monoisotopic (exact) mass is 400 g/mol. The first-order valence-corrected chi connectivity index (χ1v) is 10.0. The lowest BCUT2D eigenvalue weighted by molar-refractivity contribution is -0.115. The molecule has 2 aromatic rings. The van der Waals surface area contributed by atoms with Crippen LogP contribution in [0.5, 0.6) is 5.75 Å². The van der Waals surface area contributed by atoms with Gasteiger partial charge in [0.25, 0.3) is 5.91 Å². The Bertz CT molecular complexity index is 819. The lowest BCUT2D eigenvalue weighted by Gasteiger charge is -2.27. The second-order valence-electron chi connectivity index (χ2n) is 6.38. The van der Waals surface area contributed by atoms with Crippen LogP contribution in [0.2, 0.25) is 0 Å². The average molecular weight is 401 g/mol. The molecule has 3 rings (SSSR count). The van der Waals surface area contributed by atoms with Crippen LogP contribution in [0.4, 0.5) is 5.69 Å². The highest BCUT2D eigenvalue weighted by Crippen LogP contribution is 2.27. The van der Waals surface area contributed by atoms with Gasteiger partial charge in [0.05, 0.1) is 36.8 Å². The summed E-state index contributed by atoms with van der Waals surface area (Å²) in [4.78, 5) is 28.2. The zero-order chi connectivity index (χ0) is 19.9. The zero-order valence-corrected chi connectivity index (χ0v) is 16.8. The van der Waals surface area contributed by atoms with Crippen molar-refractivity contribution in [3.8, 4) is 5.75 Å². The lowest BCUT2D eigenvalue weighted by Crippen LogP contribution is -2.41. The Kier molecular flexibility index (Phi) is 6.95. The van der Waals surface area contributed by atoms with Crippen molar-refractivity contribution >= 4 is 29.3 Å². The molecule has 2 amide bonds. The second-order valence-corrected chi connectivity index (χ2v) is 7.79. The predicted molar refractivity (Wildman–Crippen MR) is 110 cm³/mol. The van der Waals surface area contributed by atoms with Crippen molar-refractivity contribution in [1.82, 2.24) is 4.90 Å². The molecule has 0 aliphatic carbocycles. The van der Waals surface area contributed by atoms with Gasteiger partial charge in [0.1, 0.15) is 5.75 Å². The fraction of sp³-hybridized carbons (Fsp3) is 0.333. The van der Waals surface area contributed by atoms with Crippen molar-refractivity contribution in [2.24, 2.45) is 0 Å². The summed E-state index contributed by atoms with van der Waals surface area (Å²) in [6, 6.07) is 14.7. The van der Waals surface area contributed by atoms with Gasteiger partial charge < -0.3 is 19.7 Å². The highest BCUT2D eigenvalue weighted by atomic mass is 32.2. The number of hydrogen-bond donors (Lipinski definition) is 1. The van der Waals surface area contributed by atoms with E-state index in [-0.39, 0.29) is 17.1 Å². The fourth-order valence-electron chi connectivity index (χ4n) is 2.86. The van der Waals surface area contributed by atoms with Crippen LogP contribution >= 0.6 is 11.8 Å². The fourth-order valence-corrected chi connectivity index (χ4v) is 3.73. The largest absolute Gasteiger partial charge is 0.497 e. The predicted octanol–water partition coefficient (Wildman–Crippen LogP) is 3.29. The topological polar surface area (TPSA) is 67.9 Å². The van der Waals surface area contributed by atoms with Gasteiger partial charge in [-0.05, 0) is 43.3 Å². The smallest absolute Gasteiger partial charge is 0.256 e. The van der Waals surface area contributed by atoms with E-state index in [1.54, 1.807) is 30.2 Å². The Balaban J connectivity index is 1.66. The van der Waals surface area contributed by atoms with Crippen LogP contribution in [0.15, 0.2) is 53.4 Å². The van der Waals surface area contributed by atoms with Crippen LogP contribution < -0.4 is 10.1 Å². The maximum absolute atomic E-state index is 12.8. The number of anilines is 1. The van der Waals surface area contributed by atoms with Crippen molar-refractivity contribution in [2.75, 3.05) is 38.7 Å². The van der Waals surface area contributed by atoms with E-state index in [0.717, 1.165) is 10.6 Å². The summed E-state index contributed by atoms with van der Waals surface area (Å²) in [5.74, 6) is 0.537. The van der Waals surface area contributed by atoms with Crippen LogP contribution in [0, 0.1) is 0 Å². The molecule has 1 heterocycles. The van der Waals surface area contributed by atoms with Crippen molar-refractivity contribution in [3.63, 3.8) is 0 Å².